The average Bonchev–Trinajstić information content (AvgIpc) is 1.62. The van der Waals surface area contributed by atoms with Crippen molar-refractivity contribution < 1.29 is 98.7 Å². The summed E-state index contributed by atoms with van der Waals surface area (Å²) in [5.41, 5.74) is 1.79. The molecule has 4 amide bonds. The number of benzene rings is 1. The lowest BCUT2D eigenvalue weighted by Gasteiger charge is -2.36. The molecule has 2 heterocycles. The van der Waals surface area contributed by atoms with E-state index in [9.17, 15) is 98.7 Å². The van der Waals surface area contributed by atoms with Gasteiger partial charge in [-0.05, 0) is 43.2 Å². The van der Waals surface area contributed by atoms with Crippen LogP contribution in [0, 0.1) is 5.92 Å². The molecule has 3 atom stereocenters. The summed E-state index contributed by atoms with van der Waals surface area (Å²) in [6.07, 6.45) is 0.146. The van der Waals surface area contributed by atoms with Crippen LogP contribution < -0.4 is 26.6 Å². The number of rotatable bonds is 34. The zero-order chi connectivity index (χ0) is 67.8. The van der Waals surface area contributed by atoms with Gasteiger partial charge < -0.3 is 72.5 Å². The molecule has 2 fully saturated rings. The van der Waals surface area contributed by atoms with Crippen molar-refractivity contribution in [1.82, 2.24) is 65.8 Å². The highest BCUT2D eigenvalue weighted by molar-refractivity contribution is 5.92. The normalized spacial score (nSPS) is 17.9. The Hall–Kier alpha value is -7.47. The molecule has 1 aromatic rings. The van der Waals surface area contributed by atoms with E-state index >= 15 is 0 Å². The SMILES string of the molecule is CN/C(=C/C(C)C)C(=O)NCc1ccc(CNC(=O)[C@H](CCNC(=O)CCC(C(=O)O)N2CCN(CC(=O)O)CCN(CC(=O)O)CCN(CC(=O)O)CC2)NC(=O)CCC(C(=O)O)N2CCN(CC(=O)O)CCN(CC(=O)O)CCN(CC(C)(O)O)CC2)cc1. The summed E-state index contributed by atoms with van der Waals surface area (Å²) >= 11 is 0. The lowest BCUT2D eigenvalue weighted by molar-refractivity contribution is -0.160. The third kappa shape index (κ3) is 32.9. The van der Waals surface area contributed by atoms with E-state index in [0.717, 1.165) is 12.5 Å². The van der Waals surface area contributed by atoms with Gasteiger partial charge in [0, 0.05) is 144 Å². The highest BCUT2D eigenvalue weighted by Crippen LogP contribution is 2.15. The van der Waals surface area contributed by atoms with Crippen molar-refractivity contribution in [2.45, 2.75) is 89.9 Å². The van der Waals surface area contributed by atoms with E-state index in [1.54, 1.807) is 52.1 Å². The number of carboxylic acids is 7. The first-order valence-electron chi connectivity index (χ1n) is 30.3. The van der Waals surface area contributed by atoms with Gasteiger partial charge in [-0.1, -0.05) is 44.2 Å². The van der Waals surface area contributed by atoms with Crippen LogP contribution in [0.1, 0.15) is 64.0 Å². The van der Waals surface area contributed by atoms with Gasteiger partial charge in [-0.15, -0.1) is 0 Å². The molecule has 0 saturated carbocycles. The average molecular weight is 1290 g/mol. The Labute approximate surface area is 528 Å². The molecule has 3 rings (SSSR count). The summed E-state index contributed by atoms with van der Waals surface area (Å²) in [5.74, 6) is -12.9. The Bertz CT molecular complexity index is 2560. The summed E-state index contributed by atoms with van der Waals surface area (Å²) in [4.78, 5) is 152. The van der Waals surface area contributed by atoms with Crippen molar-refractivity contribution >= 4 is 65.4 Å². The fourth-order valence-electron chi connectivity index (χ4n) is 10.5. The van der Waals surface area contributed by atoms with Crippen LogP contribution in [0.5, 0.6) is 0 Å². The Morgan fingerprint density at radius 3 is 1.16 bits per heavy atom. The number of aliphatic carboxylic acids is 7. The number of β-amino-alcohol motifs (C(OH)–C–C–N with tert-alkyl or cyclic N) is 2. The lowest BCUT2D eigenvalue weighted by Crippen LogP contribution is -2.53. The second-order valence-electron chi connectivity index (χ2n) is 23.2. The summed E-state index contributed by atoms with van der Waals surface area (Å²) in [6, 6.07) is 2.91. The molecule has 0 spiro atoms. The van der Waals surface area contributed by atoms with E-state index in [4.69, 9.17) is 0 Å². The molecule has 14 N–H and O–H groups in total. The van der Waals surface area contributed by atoms with Crippen molar-refractivity contribution in [2.75, 3.05) is 158 Å². The van der Waals surface area contributed by atoms with Crippen LogP contribution in [0.4, 0.5) is 0 Å². The standard InChI is InChI=1S/C58H95N13O20/c1-40(2)31-44(59-4)55(85)62-33-42-7-5-41(6-8-42)32-61-54(84)43(63-48(73)12-10-46(57(88)89)71-29-25-68(38-53(82)83)20-17-65(35-50(76)77)21-22-69(26-30-71)39-58(3,90)91)13-14-60-47(72)11-9-45(56(86)87)70-27-23-66(36-51(78)79)18-15-64(34-49(74)75)16-19-67(24-28-70)37-52(80)81/h5-8,31,40,43,45-46,59,90-91H,9-30,32-39H2,1-4H3,(H,60,72)(H,61,84)(H,62,85)(H,63,73)(H,74,75)(H,76,77)(H,78,79)(H,80,81)(H,82,83)(H,86,87)(H,88,89)/b44-31+/t43-,45?,46?/m0/s1. The molecule has 0 bridgehead atoms. The van der Waals surface area contributed by atoms with E-state index in [2.05, 4.69) is 26.6 Å². The quantitative estimate of drug-likeness (QED) is 0.0229. The number of nitrogens with zero attached hydrogens (tertiary/aromatic N) is 8. The number of carboxylic acid groups (broad SMARTS) is 7. The number of likely N-dealkylation sites (N-methyl/N-ethyl adjacent to an activating group) is 1. The number of aliphatic hydroxyl groups is 2. The monoisotopic (exact) mass is 1290 g/mol. The maximum atomic E-state index is 14.1. The fraction of sp³-hybridized carbons (Fsp3) is 0.672. The third-order valence-electron chi connectivity index (χ3n) is 15.2. The zero-order valence-electron chi connectivity index (χ0n) is 52.5. The van der Waals surface area contributed by atoms with Gasteiger partial charge in [0.2, 0.25) is 17.7 Å². The molecular weight excluding hydrogens is 1200 g/mol. The van der Waals surface area contributed by atoms with Crippen LogP contribution in [0.25, 0.3) is 0 Å². The first-order valence-corrected chi connectivity index (χ1v) is 30.3. The molecular formula is C58H95N13O20. The minimum absolute atomic E-state index is 0.00940. The van der Waals surface area contributed by atoms with Gasteiger partial charge in [0.1, 0.15) is 18.1 Å². The van der Waals surface area contributed by atoms with E-state index in [1.165, 1.54) is 24.5 Å². The third-order valence-corrected chi connectivity index (χ3v) is 15.2. The Kier molecular flexibility index (Phi) is 34.5. The molecule has 33 heteroatoms. The van der Waals surface area contributed by atoms with Crippen LogP contribution in [0.2, 0.25) is 0 Å². The van der Waals surface area contributed by atoms with E-state index < -0.39 is 109 Å². The van der Waals surface area contributed by atoms with Gasteiger partial charge in [-0.25, -0.2) is 0 Å². The predicted molar refractivity (Wildman–Crippen MR) is 326 cm³/mol. The van der Waals surface area contributed by atoms with Crippen molar-refractivity contribution in [2.24, 2.45) is 5.92 Å². The van der Waals surface area contributed by atoms with Gasteiger partial charge in [0.25, 0.3) is 5.91 Å². The molecule has 0 aromatic heterocycles. The van der Waals surface area contributed by atoms with E-state index in [-0.39, 0.29) is 181 Å². The molecule has 0 radical (unpaired) electrons. The highest BCUT2D eigenvalue weighted by Gasteiger charge is 2.32. The van der Waals surface area contributed by atoms with Crippen LogP contribution in [0.15, 0.2) is 36.0 Å². The first-order chi connectivity index (χ1) is 42.9. The lowest BCUT2D eigenvalue weighted by atomic mass is 10.1. The molecule has 0 aliphatic carbocycles. The molecule has 1 aromatic carbocycles. The number of carbonyl (C=O) groups is 11. The Balaban J connectivity index is 1.86. The maximum Gasteiger partial charge on any atom is 0.320 e. The molecule has 2 saturated heterocycles. The predicted octanol–water partition coefficient (Wildman–Crippen LogP) is -4.30. The topological polar surface area (TPSA) is 456 Å². The number of carbonyl (C=O) groups excluding carboxylic acids is 4. The van der Waals surface area contributed by atoms with Crippen molar-refractivity contribution in [1.29, 1.82) is 0 Å². The molecule has 33 nitrogen and oxygen atoms in total. The molecule has 2 unspecified atom stereocenters. The zero-order valence-corrected chi connectivity index (χ0v) is 52.5. The maximum absolute atomic E-state index is 14.1. The Morgan fingerprint density at radius 2 is 0.824 bits per heavy atom. The van der Waals surface area contributed by atoms with Crippen molar-refractivity contribution in [3.63, 3.8) is 0 Å². The second-order valence-corrected chi connectivity index (χ2v) is 23.2. The number of nitrogens with one attached hydrogen (secondary N) is 5. The Morgan fingerprint density at radius 1 is 0.484 bits per heavy atom. The second kappa shape index (κ2) is 40.4. The molecule has 512 valence electrons. The molecule has 91 heavy (non-hydrogen) atoms. The van der Waals surface area contributed by atoms with E-state index in [1.807, 2.05) is 13.8 Å². The molecule has 2 aliphatic rings. The highest BCUT2D eigenvalue weighted by atomic mass is 16.5. The van der Waals surface area contributed by atoms with Gasteiger partial charge in [0.15, 0.2) is 5.79 Å². The summed E-state index contributed by atoms with van der Waals surface area (Å²) in [6.45, 7) is 3.37. The van der Waals surface area contributed by atoms with Crippen LogP contribution in [0.3, 0.4) is 0 Å². The van der Waals surface area contributed by atoms with Crippen LogP contribution >= 0.6 is 0 Å². The van der Waals surface area contributed by atoms with Gasteiger partial charge in [-0.2, -0.15) is 0 Å². The minimum Gasteiger partial charge on any atom is -0.480 e. The fourth-order valence-corrected chi connectivity index (χ4v) is 10.5. The summed E-state index contributed by atoms with van der Waals surface area (Å²) in [7, 11) is 1.64. The van der Waals surface area contributed by atoms with E-state index in [0.29, 0.717) is 11.3 Å². The molecule has 2 aliphatic heterocycles. The largest absolute Gasteiger partial charge is 0.480 e. The summed E-state index contributed by atoms with van der Waals surface area (Å²) < 4.78 is 0. The smallest absolute Gasteiger partial charge is 0.320 e. The first kappa shape index (κ1) is 77.8. The number of hydrogen-bond donors (Lipinski definition) is 14. The van der Waals surface area contributed by atoms with Crippen LogP contribution in [-0.2, 0) is 65.8 Å². The van der Waals surface area contributed by atoms with Crippen molar-refractivity contribution in [3.05, 3.63) is 47.2 Å². The van der Waals surface area contributed by atoms with Gasteiger partial charge in [0.05, 0.1) is 45.0 Å². The van der Waals surface area contributed by atoms with Gasteiger partial charge >= 0.3 is 41.8 Å². The minimum atomic E-state index is -2.19. The van der Waals surface area contributed by atoms with Crippen molar-refractivity contribution in [3.8, 4) is 0 Å². The number of amides is 4. The summed E-state index contributed by atoms with van der Waals surface area (Å²) in [5, 5.41) is 104. The van der Waals surface area contributed by atoms with Gasteiger partial charge in [-0.3, -0.25) is 91.9 Å². The number of allylic oxidation sites excluding steroid dienone is 1. The number of hydrogen-bond acceptors (Lipinski definition) is 22. The van der Waals surface area contributed by atoms with Crippen LogP contribution in [-0.4, -0.2) is 332 Å².